The number of anilines is 1. The van der Waals surface area contributed by atoms with Crippen molar-refractivity contribution in [3.05, 3.63) is 59.7 Å². The summed E-state index contributed by atoms with van der Waals surface area (Å²) in [7, 11) is 0. The van der Waals surface area contributed by atoms with Gasteiger partial charge in [0.05, 0.1) is 11.4 Å². The van der Waals surface area contributed by atoms with Crippen molar-refractivity contribution >= 4 is 29.3 Å². The van der Waals surface area contributed by atoms with Gasteiger partial charge in [-0.2, -0.15) is 0 Å². The molecule has 2 aromatic rings. The summed E-state index contributed by atoms with van der Waals surface area (Å²) in [5.74, 6) is 0.434. The molecule has 1 heterocycles. The number of amides is 2. The van der Waals surface area contributed by atoms with Crippen LogP contribution in [0.4, 0.5) is 5.69 Å². The Morgan fingerprint density at radius 1 is 1.19 bits per heavy atom. The zero-order chi connectivity index (χ0) is 18.1. The summed E-state index contributed by atoms with van der Waals surface area (Å²) in [5.41, 5.74) is 3.20. The summed E-state index contributed by atoms with van der Waals surface area (Å²) < 4.78 is 0. The lowest BCUT2D eigenvalue weighted by Crippen LogP contribution is -2.45. The van der Waals surface area contributed by atoms with Crippen molar-refractivity contribution in [2.24, 2.45) is 0 Å². The van der Waals surface area contributed by atoms with Crippen LogP contribution in [0.2, 0.25) is 0 Å². The van der Waals surface area contributed by atoms with Gasteiger partial charge in [-0.25, -0.2) is 0 Å². The molecule has 0 unspecified atom stereocenters. The SMILES string of the molecule is Cc1cccc(CN(C(=O)CN2C(=O)CSc3ccccc32)C2CC2)c1. The third kappa shape index (κ3) is 3.63. The van der Waals surface area contributed by atoms with Crippen molar-refractivity contribution in [2.75, 3.05) is 17.2 Å². The van der Waals surface area contributed by atoms with Crippen LogP contribution < -0.4 is 4.90 Å². The van der Waals surface area contributed by atoms with Crippen LogP contribution in [0, 0.1) is 6.92 Å². The van der Waals surface area contributed by atoms with E-state index < -0.39 is 0 Å². The molecule has 1 fully saturated rings. The molecular formula is C21H22N2O2S. The Morgan fingerprint density at radius 2 is 2.00 bits per heavy atom. The number of thioether (sulfide) groups is 1. The Bertz CT molecular complexity index is 847. The smallest absolute Gasteiger partial charge is 0.243 e. The fraction of sp³-hybridized carbons (Fsp3) is 0.333. The number of benzene rings is 2. The Hall–Kier alpha value is -2.27. The van der Waals surface area contributed by atoms with Crippen LogP contribution in [0.15, 0.2) is 53.4 Å². The number of aryl methyl sites for hydroxylation is 1. The zero-order valence-electron chi connectivity index (χ0n) is 14.9. The lowest BCUT2D eigenvalue weighted by Gasteiger charge is -2.31. The summed E-state index contributed by atoms with van der Waals surface area (Å²) in [5, 5.41) is 0. The second-order valence-corrected chi connectivity index (χ2v) is 8.00. The van der Waals surface area contributed by atoms with Gasteiger partial charge in [0.2, 0.25) is 11.8 Å². The van der Waals surface area contributed by atoms with Crippen molar-refractivity contribution in [2.45, 2.75) is 37.2 Å². The highest BCUT2D eigenvalue weighted by Crippen LogP contribution is 2.35. The molecule has 0 N–H and O–H groups in total. The van der Waals surface area contributed by atoms with Gasteiger partial charge in [0.15, 0.2) is 0 Å². The minimum Gasteiger partial charge on any atom is -0.334 e. The molecule has 1 aliphatic carbocycles. The van der Waals surface area contributed by atoms with Crippen LogP contribution in [0.25, 0.3) is 0 Å². The minimum atomic E-state index is 0.00773. The normalized spacial score (nSPS) is 16.3. The monoisotopic (exact) mass is 366 g/mol. The van der Waals surface area contributed by atoms with E-state index in [1.165, 1.54) is 5.56 Å². The molecule has 134 valence electrons. The molecule has 2 aliphatic rings. The van der Waals surface area contributed by atoms with Crippen LogP contribution in [0.3, 0.4) is 0 Å². The van der Waals surface area contributed by atoms with Gasteiger partial charge in [0.25, 0.3) is 0 Å². The highest BCUT2D eigenvalue weighted by molar-refractivity contribution is 8.00. The summed E-state index contributed by atoms with van der Waals surface area (Å²) in [6, 6.07) is 16.4. The number of para-hydroxylation sites is 1. The van der Waals surface area contributed by atoms with Gasteiger partial charge in [-0.15, -0.1) is 11.8 Å². The predicted octanol–water partition coefficient (Wildman–Crippen LogP) is 3.62. The Labute approximate surface area is 158 Å². The van der Waals surface area contributed by atoms with Crippen LogP contribution in [0.5, 0.6) is 0 Å². The average Bonchev–Trinajstić information content (AvgIpc) is 3.47. The lowest BCUT2D eigenvalue weighted by molar-refractivity contribution is -0.132. The molecule has 2 amide bonds. The van der Waals surface area contributed by atoms with Gasteiger partial charge < -0.3 is 9.80 Å². The van der Waals surface area contributed by atoms with E-state index in [1.54, 1.807) is 16.7 Å². The predicted molar refractivity (Wildman–Crippen MR) is 104 cm³/mol. The van der Waals surface area contributed by atoms with Gasteiger partial charge >= 0.3 is 0 Å². The first-order valence-corrected chi connectivity index (χ1v) is 9.97. The van der Waals surface area contributed by atoms with Gasteiger partial charge in [-0.3, -0.25) is 9.59 Å². The van der Waals surface area contributed by atoms with Gasteiger partial charge in [0, 0.05) is 17.5 Å². The molecule has 0 atom stereocenters. The number of rotatable bonds is 5. The van der Waals surface area contributed by atoms with Crippen LogP contribution in [0.1, 0.15) is 24.0 Å². The highest BCUT2D eigenvalue weighted by atomic mass is 32.2. The molecular weight excluding hydrogens is 344 g/mol. The molecule has 1 aliphatic heterocycles. The van der Waals surface area contributed by atoms with Gasteiger partial charge in [-0.05, 0) is 37.5 Å². The summed E-state index contributed by atoms with van der Waals surface area (Å²) in [6.45, 7) is 2.80. The van der Waals surface area contributed by atoms with E-state index in [-0.39, 0.29) is 18.4 Å². The molecule has 1 saturated carbocycles. The van der Waals surface area contributed by atoms with E-state index in [0.717, 1.165) is 29.0 Å². The number of hydrogen-bond acceptors (Lipinski definition) is 3. The summed E-state index contributed by atoms with van der Waals surface area (Å²) in [4.78, 5) is 30.2. The third-order valence-corrected chi connectivity index (χ3v) is 5.89. The Morgan fingerprint density at radius 3 is 2.77 bits per heavy atom. The van der Waals surface area contributed by atoms with Crippen LogP contribution in [-0.2, 0) is 16.1 Å². The average molecular weight is 366 g/mol. The maximum atomic E-state index is 13.1. The zero-order valence-corrected chi connectivity index (χ0v) is 15.7. The van der Waals surface area contributed by atoms with E-state index in [0.29, 0.717) is 18.3 Å². The molecule has 26 heavy (non-hydrogen) atoms. The van der Waals surface area contributed by atoms with E-state index in [1.807, 2.05) is 35.2 Å². The Balaban J connectivity index is 1.53. The van der Waals surface area contributed by atoms with Crippen molar-refractivity contribution in [1.82, 2.24) is 4.90 Å². The van der Waals surface area contributed by atoms with Crippen molar-refractivity contribution in [3.8, 4) is 0 Å². The van der Waals surface area contributed by atoms with E-state index in [4.69, 9.17) is 0 Å². The minimum absolute atomic E-state index is 0.00773. The number of carbonyl (C=O) groups is 2. The van der Waals surface area contributed by atoms with Crippen molar-refractivity contribution < 1.29 is 9.59 Å². The van der Waals surface area contributed by atoms with E-state index in [2.05, 4.69) is 25.1 Å². The van der Waals surface area contributed by atoms with Gasteiger partial charge in [-0.1, -0.05) is 42.0 Å². The highest BCUT2D eigenvalue weighted by Gasteiger charge is 2.35. The first kappa shape index (κ1) is 17.2. The van der Waals surface area contributed by atoms with Crippen LogP contribution >= 0.6 is 11.8 Å². The van der Waals surface area contributed by atoms with E-state index >= 15 is 0 Å². The number of carbonyl (C=O) groups excluding carboxylic acids is 2. The second kappa shape index (κ2) is 7.16. The molecule has 0 saturated heterocycles. The van der Waals surface area contributed by atoms with Crippen molar-refractivity contribution in [1.29, 1.82) is 0 Å². The maximum absolute atomic E-state index is 13.1. The lowest BCUT2D eigenvalue weighted by atomic mass is 10.1. The molecule has 0 aromatic heterocycles. The first-order valence-electron chi connectivity index (χ1n) is 8.99. The first-order chi connectivity index (χ1) is 12.6. The summed E-state index contributed by atoms with van der Waals surface area (Å²) in [6.07, 6.45) is 2.11. The molecule has 0 bridgehead atoms. The fourth-order valence-electron chi connectivity index (χ4n) is 3.37. The third-order valence-electron chi connectivity index (χ3n) is 4.85. The number of hydrogen-bond donors (Lipinski definition) is 0. The fourth-order valence-corrected chi connectivity index (χ4v) is 4.30. The standard InChI is InChI=1S/C21H22N2O2S/c1-15-5-4-6-16(11-15)12-22(17-9-10-17)20(24)13-23-18-7-2-3-8-19(18)26-14-21(23)25/h2-8,11,17H,9-10,12-14H2,1H3. The quantitative estimate of drug-likeness (QED) is 0.811. The molecule has 4 rings (SSSR count). The Kier molecular flexibility index (Phi) is 4.72. The molecule has 0 radical (unpaired) electrons. The summed E-state index contributed by atoms with van der Waals surface area (Å²) >= 11 is 1.54. The molecule has 0 spiro atoms. The largest absolute Gasteiger partial charge is 0.334 e. The van der Waals surface area contributed by atoms with Gasteiger partial charge in [0.1, 0.15) is 6.54 Å². The number of nitrogens with zero attached hydrogens (tertiary/aromatic N) is 2. The van der Waals surface area contributed by atoms with Crippen molar-refractivity contribution in [3.63, 3.8) is 0 Å². The van der Waals surface area contributed by atoms with E-state index in [9.17, 15) is 9.59 Å². The van der Waals surface area contributed by atoms with Crippen LogP contribution in [-0.4, -0.2) is 35.1 Å². The molecule has 2 aromatic carbocycles. The topological polar surface area (TPSA) is 40.6 Å². The molecule has 4 nitrogen and oxygen atoms in total. The maximum Gasteiger partial charge on any atom is 0.243 e. The number of fused-ring (bicyclic) bond motifs is 1. The second-order valence-electron chi connectivity index (χ2n) is 6.98. The molecule has 5 heteroatoms.